The zero-order valence-electron chi connectivity index (χ0n) is 5.24. The molecule has 0 aliphatic carbocycles. The van der Waals surface area contributed by atoms with Crippen LogP contribution >= 0.6 is 15.9 Å². The zero-order chi connectivity index (χ0) is 8.43. The van der Waals surface area contributed by atoms with Crippen molar-refractivity contribution < 1.29 is 4.92 Å². The molecule has 0 atom stereocenters. The Morgan fingerprint density at radius 3 is 2.91 bits per heavy atom. The Hall–Kier alpha value is -1.17. The van der Waals surface area contributed by atoms with Crippen LogP contribution in [0.15, 0.2) is 10.7 Å². The third kappa shape index (κ3) is 1.64. The minimum Gasteiger partial charge on any atom is -0.378 e. The van der Waals surface area contributed by atoms with E-state index in [1.165, 1.54) is 6.07 Å². The van der Waals surface area contributed by atoms with Crippen LogP contribution in [0.4, 0.5) is 11.5 Å². The molecule has 0 saturated carbocycles. The van der Waals surface area contributed by atoms with Gasteiger partial charge in [0.2, 0.25) is 5.82 Å². The average Bonchev–Trinajstić information content (AvgIpc) is 1.85. The lowest BCUT2D eigenvalue weighted by Crippen LogP contribution is -1.98. The Balaban J connectivity index is 3.20. The lowest BCUT2D eigenvalue weighted by molar-refractivity contribution is -0.384. The quantitative estimate of drug-likeness (QED) is 0.434. The molecule has 6 heteroatoms. The number of aromatic nitrogens is 1. The summed E-state index contributed by atoms with van der Waals surface area (Å²) in [6.45, 7) is 0. The maximum atomic E-state index is 10.2. The fraction of sp³-hybridized carbons (Fsp3) is 0. The van der Waals surface area contributed by atoms with E-state index in [1.807, 2.05) is 0 Å². The van der Waals surface area contributed by atoms with Crippen LogP contribution < -0.4 is 5.73 Å². The molecule has 0 unspecified atom stereocenters. The number of hydrogen-bond donors (Lipinski definition) is 1. The third-order valence-corrected chi connectivity index (χ3v) is 1.39. The molecule has 0 aliphatic heterocycles. The first-order chi connectivity index (χ1) is 5.11. The molecule has 0 spiro atoms. The first-order valence-electron chi connectivity index (χ1n) is 2.59. The van der Waals surface area contributed by atoms with Crippen molar-refractivity contribution in [2.75, 3.05) is 5.73 Å². The third-order valence-electron chi connectivity index (χ3n) is 0.980. The van der Waals surface area contributed by atoms with Crippen LogP contribution in [0.3, 0.4) is 0 Å². The Morgan fingerprint density at radius 2 is 2.45 bits per heavy atom. The summed E-state index contributed by atoms with van der Waals surface area (Å²) in [7, 11) is 0. The summed E-state index contributed by atoms with van der Waals surface area (Å²) < 4.78 is 0.431. The Morgan fingerprint density at radius 1 is 1.82 bits per heavy atom. The molecule has 1 heterocycles. The van der Waals surface area contributed by atoms with Crippen molar-refractivity contribution in [2.45, 2.75) is 0 Å². The highest BCUT2D eigenvalue weighted by Crippen LogP contribution is 2.19. The number of nitrogens with zero attached hydrogens (tertiary/aromatic N) is 2. The summed E-state index contributed by atoms with van der Waals surface area (Å²) in [5, 5.41) is 10.2. The second-order valence-electron chi connectivity index (χ2n) is 1.71. The first kappa shape index (κ1) is 7.93. The molecule has 0 fully saturated rings. The van der Waals surface area contributed by atoms with Gasteiger partial charge < -0.3 is 5.73 Å². The number of nitrogen functional groups attached to an aromatic ring is 1. The van der Waals surface area contributed by atoms with Gasteiger partial charge in [0.15, 0.2) is 0 Å². The summed E-state index contributed by atoms with van der Waals surface area (Å²) in [6.07, 6.45) is 0. The zero-order valence-corrected chi connectivity index (χ0v) is 6.83. The molecule has 11 heavy (non-hydrogen) atoms. The van der Waals surface area contributed by atoms with Crippen molar-refractivity contribution in [3.63, 3.8) is 0 Å². The van der Waals surface area contributed by atoms with Crippen LogP contribution in [0.5, 0.6) is 0 Å². The molecule has 2 N–H and O–H groups in total. The molecular formula is C5H3BrN3O2. The van der Waals surface area contributed by atoms with Crippen LogP contribution in [0.2, 0.25) is 0 Å². The average molecular weight is 217 g/mol. The molecule has 57 valence electrons. The first-order valence-corrected chi connectivity index (χ1v) is 3.38. The molecule has 0 saturated heterocycles. The van der Waals surface area contributed by atoms with E-state index in [4.69, 9.17) is 5.73 Å². The highest BCUT2D eigenvalue weighted by molar-refractivity contribution is 9.10. The standard InChI is InChI=1S/C5H3BrN3O2/c6-4-2-1-3(9(10)11)5(7)8-4/h2H,(H2,7,8). The minimum atomic E-state index is -0.630. The van der Waals surface area contributed by atoms with Crippen molar-refractivity contribution in [1.82, 2.24) is 4.98 Å². The van der Waals surface area contributed by atoms with Gasteiger partial charge in [-0.15, -0.1) is 0 Å². The second kappa shape index (κ2) is 2.83. The molecular weight excluding hydrogens is 214 g/mol. The predicted octanol–water partition coefficient (Wildman–Crippen LogP) is 1.13. The van der Waals surface area contributed by atoms with E-state index in [-0.39, 0.29) is 11.5 Å². The van der Waals surface area contributed by atoms with Crippen LogP contribution in [0.1, 0.15) is 0 Å². The van der Waals surface area contributed by atoms with Gasteiger partial charge in [-0.25, -0.2) is 4.98 Å². The van der Waals surface area contributed by atoms with Crippen LogP contribution in [-0.4, -0.2) is 9.91 Å². The highest BCUT2D eigenvalue weighted by Gasteiger charge is 2.11. The van der Waals surface area contributed by atoms with Crippen LogP contribution in [0, 0.1) is 16.2 Å². The van der Waals surface area contributed by atoms with Crippen molar-refractivity contribution in [2.24, 2.45) is 0 Å². The molecule has 0 aliphatic rings. The monoisotopic (exact) mass is 216 g/mol. The lowest BCUT2D eigenvalue weighted by Gasteiger charge is -1.94. The summed E-state index contributed by atoms with van der Waals surface area (Å²) in [5.41, 5.74) is 4.91. The number of anilines is 1. The number of rotatable bonds is 1. The summed E-state index contributed by atoms with van der Waals surface area (Å²) in [6, 6.07) is 3.71. The van der Waals surface area contributed by atoms with Crippen molar-refractivity contribution in [3.05, 3.63) is 26.9 Å². The van der Waals surface area contributed by atoms with Gasteiger partial charge in [0.25, 0.3) is 0 Å². The van der Waals surface area contributed by atoms with E-state index in [1.54, 1.807) is 0 Å². The van der Waals surface area contributed by atoms with E-state index in [2.05, 4.69) is 27.0 Å². The van der Waals surface area contributed by atoms with E-state index < -0.39 is 4.92 Å². The SMILES string of the molecule is Nc1nc(Br)c[c]c1[N+](=O)[O-]. The highest BCUT2D eigenvalue weighted by atomic mass is 79.9. The molecule has 5 nitrogen and oxygen atoms in total. The van der Waals surface area contributed by atoms with Gasteiger partial charge in [-0.05, 0) is 22.0 Å². The fourth-order valence-corrected chi connectivity index (χ4v) is 0.854. The van der Waals surface area contributed by atoms with Crippen LogP contribution in [-0.2, 0) is 0 Å². The molecule has 1 radical (unpaired) electrons. The number of pyridine rings is 1. The van der Waals surface area contributed by atoms with E-state index in [0.717, 1.165) is 0 Å². The Kier molecular flexibility index (Phi) is 2.04. The topological polar surface area (TPSA) is 82.0 Å². The van der Waals surface area contributed by atoms with E-state index >= 15 is 0 Å². The molecule has 1 rings (SSSR count). The van der Waals surface area contributed by atoms with Gasteiger partial charge in [0, 0.05) is 0 Å². The fourth-order valence-electron chi connectivity index (χ4n) is 0.548. The maximum absolute atomic E-state index is 10.2. The van der Waals surface area contributed by atoms with Crippen molar-refractivity contribution in [3.8, 4) is 0 Å². The Bertz CT molecular complexity index is 302. The number of halogens is 1. The van der Waals surface area contributed by atoms with Crippen LogP contribution in [0.25, 0.3) is 0 Å². The Labute approximate surface area is 70.5 Å². The second-order valence-corrected chi connectivity index (χ2v) is 2.53. The van der Waals surface area contributed by atoms with Crippen molar-refractivity contribution in [1.29, 1.82) is 0 Å². The van der Waals surface area contributed by atoms with Gasteiger partial charge in [-0.3, -0.25) is 10.1 Å². The maximum Gasteiger partial charge on any atom is 0.319 e. The molecule has 0 amide bonds. The number of nitro groups is 1. The normalized spacial score (nSPS) is 9.55. The molecule has 1 aromatic rings. The van der Waals surface area contributed by atoms with E-state index in [9.17, 15) is 10.1 Å². The molecule has 0 bridgehead atoms. The van der Waals surface area contributed by atoms with Gasteiger partial charge in [0.05, 0.1) is 11.0 Å². The largest absolute Gasteiger partial charge is 0.378 e. The predicted molar refractivity (Wildman–Crippen MR) is 41.8 cm³/mol. The van der Waals surface area contributed by atoms with Gasteiger partial charge in [0.1, 0.15) is 4.60 Å². The summed E-state index contributed by atoms with van der Waals surface area (Å²) in [5.74, 6) is -0.135. The van der Waals surface area contributed by atoms with Gasteiger partial charge in [-0.2, -0.15) is 0 Å². The summed E-state index contributed by atoms with van der Waals surface area (Å²) in [4.78, 5) is 13.2. The lowest BCUT2D eigenvalue weighted by atomic mass is 10.4. The summed E-state index contributed by atoms with van der Waals surface area (Å²) >= 11 is 3.00. The van der Waals surface area contributed by atoms with E-state index in [0.29, 0.717) is 4.60 Å². The van der Waals surface area contributed by atoms with Gasteiger partial charge in [-0.1, -0.05) is 0 Å². The molecule has 0 aromatic carbocycles. The number of hydrogen-bond acceptors (Lipinski definition) is 4. The number of nitrogens with two attached hydrogens (primary N) is 1. The minimum absolute atomic E-state index is 0.135. The smallest absolute Gasteiger partial charge is 0.319 e. The molecule has 1 aromatic heterocycles. The van der Waals surface area contributed by atoms with Gasteiger partial charge >= 0.3 is 5.69 Å². The van der Waals surface area contributed by atoms with Crippen molar-refractivity contribution >= 4 is 27.4 Å².